The van der Waals surface area contributed by atoms with Gasteiger partial charge in [0.15, 0.2) is 0 Å². The average Bonchev–Trinajstić information content (AvgIpc) is 2.36. The molecule has 0 radical (unpaired) electrons. The van der Waals surface area contributed by atoms with Crippen molar-refractivity contribution >= 4 is 52.2 Å². The summed E-state index contributed by atoms with van der Waals surface area (Å²) in [6.45, 7) is 1.98. The van der Waals surface area contributed by atoms with E-state index in [2.05, 4.69) is 10.3 Å². The largest absolute Gasteiger partial charge is 0.362 e. The fraction of sp³-hybridized carbons (Fsp3) is 0.154. The Balaban J connectivity index is 2.24. The SMILES string of the molecule is CC(Nc1nc(Cl)c(Cl)cc1Cl)c1cccc(Cl)c1. The van der Waals surface area contributed by atoms with Crippen molar-refractivity contribution in [2.24, 2.45) is 0 Å². The van der Waals surface area contributed by atoms with Gasteiger partial charge in [-0.15, -0.1) is 0 Å². The lowest BCUT2D eigenvalue weighted by Crippen LogP contribution is -2.08. The first-order valence-corrected chi connectivity index (χ1v) is 7.02. The summed E-state index contributed by atoms with van der Waals surface area (Å²) in [5.74, 6) is 0.489. The molecule has 0 aliphatic rings. The molecule has 2 rings (SSSR count). The fourth-order valence-corrected chi connectivity index (χ4v) is 2.36. The van der Waals surface area contributed by atoms with Crippen LogP contribution in [0.3, 0.4) is 0 Å². The van der Waals surface area contributed by atoms with Crippen LogP contribution in [0.5, 0.6) is 0 Å². The third-order valence-electron chi connectivity index (χ3n) is 2.59. The molecule has 1 aromatic heterocycles. The Morgan fingerprint density at radius 2 is 1.79 bits per heavy atom. The van der Waals surface area contributed by atoms with E-state index in [-0.39, 0.29) is 11.2 Å². The van der Waals surface area contributed by atoms with Gasteiger partial charge in [-0.2, -0.15) is 0 Å². The van der Waals surface area contributed by atoms with E-state index < -0.39 is 0 Å². The second kappa shape index (κ2) is 6.19. The molecule has 0 saturated carbocycles. The van der Waals surface area contributed by atoms with Crippen LogP contribution >= 0.6 is 46.4 Å². The maximum atomic E-state index is 6.07. The monoisotopic (exact) mass is 334 g/mol. The van der Waals surface area contributed by atoms with E-state index in [1.54, 1.807) is 6.07 Å². The quantitative estimate of drug-likeness (QED) is 0.709. The third kappa shape index (κ3) is 3.67. The van der Waals surface area contributed by atoms with Crippen LogP contribution in [-0.2, 0) is 0 Å². The molecule has 1 heterocycles. The summed E-state index contributed by atoms with van der Waals surface area (Å²) in [7, 11) is 0. The zero-order valence-corrected chi connectivity index (χ0v) is 12.9. The van der Waals surface area contributed by atoms with Crippen LogP contribution in [-0.4, -0.2) is 4.98 Å². The molecule has 0 bridgehead atoms. The van der Waals surface area contributed by atoms with Crippen LogP contribution in [0.4, 0.5) is 5.82 Å². The van der Waals surface area contributed by atoms with E-state index in [0.29, 0.717) is 20.9 Å². The summed E-state index contributed by atoms with van der Waals surface area (Å²) < 4.78 is 0. The molecule has 0 amide bonds. The Kier molecular flexibility index (Phi) is 4.80. The number of nitrogens with one attached hydrogen (secondary N) is 1. The van der Waals surface area contributed by atoms with E-state index in [0.717, 1.165) is 5.56 Å². The second-order valence-corrected chi connectivity index (χ2v) is 5.62. The predicted molar refractivity (Wildman–Crippen MR) is 82.8 cm³/mol. The highest BCUT2D eigenvalue weighted by Gasteiger charge is 2.12. The highest BCUT2D eigenvalue weighted by molar-refractivity contribution is 6.42. The maximum absolute atomic E-state index is 6.07. The molecular weight excluding hydrogens is 326 g/mol. The molecule has 1 N–H and O–H groups in total. The number of halogens is 4. The molecule has 0 aliphatic heterocycles. The zero-order valence-electron chi connectivity index (χ0n) is 9.92. The molecule has 100 valence electrons. The number of hydrogen-bond acceptors (Lipinski definition) is 2. The van der Waals surface area contributed by atoms with Gasteiger partial charge in [-0.3, -0.25) is 0 Å². The van der Waals surface area contributed by atoms with Crippen LogP contribution in [0.2, 0.25) is 20.2 Å². The van der Waals surface area contributed by atoms with E-state index in [1.165, 1.54) is 0 Å². The van der Waals surface area contributed by atoms with Crippen LogP contribution < -0.4 is 5.32 Å². The minimum absolute atomic E-state index is 0.0130. The molecule has 0 spiro atoms. The van der Waals surface area contributed by atoms with Gasteiger partial charge >= 0.3 is 0 Å². The van der Waals surface area contributed by atoms with Gasteiger partial charge in [0.25, 0.3) is 0 Å². The van der Waals surface area contributed by atoms with Crippen LogP contribution in [0, 0.1) is 0 Å². The minimum atomic E-state index is -0.0130. The van der Waals surface area contributed by atoms with E-state index in [4.69, 9.17) is 46.4 Å². The summed E-state index contributed by atoms with van der Waals surface area (Å²) in [4.78, 5) is 4.12. The first-order chi connectivity index (χ1) is 8.97. The summed E-state index contributed by atoms with van der Waals surface area (Å²) in [5.41, 5.74) is 1.02. The minimum Gasteiger partial charge on any atom is -0.362 e. The zero-order chi connectivity index (χ0) is 14.0. The Morgan fingerprint density at radius 3 is 2.47 bits per heavy atom. The van der Waals surface area contributed by atoms with Gasteiger partial charge in [0.1, 0.15) is 11.0 Å². The van der Waals surface area contributed by atoms with E-state index >= 15 is 0 Å². The molecular formula is C13H10Cl4N2. The van der Waals surface area contributed by atoms with Crippen molar-refractivity contribution in [3.63, 3.8) is 0 Å². The lowest BCUT2D eigenvalue weighted by molar-refractivity contribution is 0.875. The van der Waals surface area contributed by atoms with Crippen molar-refractivity contribution in [3.8, 4) is 0 Å². The van der Waals surface area contributed by atoms with Crippen molar-refractivity contribution in [2.45, 2.75) is 13.0 Å². The summed E-state index contributed by atoms with van der Waals surface area (Å²) in [6, 6.07) is 9.11. The van der Waals surface area contributed by atoms with Crippen LogP contribution in [0.1, 0.15) is 18.5 Å². The standard InChI is InChI=1S/C13H10Cl4N2/c1-7(8-3-2-4-9(14)5-8)18-13-11(16)6-10(15)12(17)19-13/h2-7H,1H3,(H,18,19). The molecule has 0 aliphatic carbocycles. The first kappa shape index (κ1) is 14.7. The Morgan fingerprint density at radius 1 is 1.05 bits per heavy atom. The van der Waals surface area contributed by atoms with Crippen molar-refractivity contribution in [3.05, 3.63) is 56.1 Å². The molecule has 2 aromatic rings. The fourth-order valence-electron chi connectivity index (χ4n) is 1.61. The molecule has 1 atom stereocenters. The third-order valence-corrected chi connectivity index (χ3v) is 3.78. The second-order valence-electron chi connectivity index (χ2n) is 4.01. The molecule has 1 unspecified atom stereocenters. The normalized spacial score (nSPS) is 12.3. The Bertz CT molecular complexity index is 601. The highest BCUT2D eigenvalue weighted by atomic mass is 35.5. The lowest BCUT2D eigenvalue weighted by atomic mass is 10.1. The molecule has 0 fully saturated rings. The molecule has 6 heteroatoms. The van der Waals surface area contributed by atoms with Crippen molar-refractivity contribution < 1.29 is 0 Å². The van der Waals surface area contributed by atoms with Gasteiger partial charge in [0.2, 0.25) is 0 Å². The maximum Gasteiger partial charge on any atom is 0.150 e. The summed E-state index contributed by atoms with van der Waals surface area (Å²) >= 11 is 23.7. The van der Waals surface area contributed by atoms with E-state index in [9.17, 15) is 0 Å². The topological polar surface area (TPSA) is 24.9 Å². The number of anilines is 1. The summed E-state index contributed by atoms with van der Waals surface area (Å²) in [5, 5.41) is 4.82. The lowest BCUT2D eigenvalue weighted by Gasteiger charge is -2.16. The van der Waals surface area contributed by atoms with Gasteiger partial charge in [-0.1, -0.05) is 58.5 Å². The summed E-state index contributed by atoms with van der Waals surface area (Å²) in [6.07, 6.45) is 0. The number of hydrogen-bond donors (Lipinski definition) is 1. The van der Waals surface area contributed by atoms with Crippen molar-refractivity contribution in [1.29, 1.82) is 0 Å². The van der Waals surface area contributed by atoms with Gasteiger partial charge in [-0.05, 0) is 30.7 Å². The molecule has 19 heavy (non-hydrogen) atoms. The number of aromatic nitrogens is 1. The number of pyridine rings is 1. The number of rotatable bonds is 3. The first-order valence-electron chi connectivity index (χ1n) is 5.51. The van der Waals surface area contributed by atoms with Crippen molar-refractivity contribution in [1.82, 2.24) is 4.98 Å². The number of nitrogens with zero attached hydrogens (tertiary/aromatic N) is 1. The Hall–Kier alpha value is -0.670. The highest BCUT2D eigenvalue weighted by Crippen LogP contribution is 2.31. The van der Waals surface area contributed by atoms with Gasteiger partial charge < -0.3 is 5.32 Å². The van der Waals surface area contributed by atoms with Gasteiger partial charge in [-0.25, -0.2) is 4.98 Å². The number of benzene rings is 1. The smallest absolute Gasteiger partial charge is 0.150 e. The molecule has 0 saturated heterocycles. The predicted octanol–water partition coefficient (Wildman–Crippen LogP) is 5.87. The molecule has 1 aromatic carbocycles. The Labute approximate surface area is 131 Å². The van der Waals surface area contributed by atoms with Crippen LogP contribution in [0.15, 0.2) is 30.3 Å². The molecule has 2 nitrogen and oxygen atoms in total. The van der Waals surface area contributed by atoms with Crippen LogP contribution in [0.25, 0.3) is 0 Å². The van der Waals surface area contributed by atoms with Gasteiger partial charge in [0.05, 0.1) is 16.1 Å². The van der Waals surface area contributed by atoms with Crippen molar-refractivity contribution in [2.75, 3.05) is 5.32 Å². The van der Waals surface area contributed by atoms with E-state index in [1.807, 2.05) is 31.2 Å². The average molecular weight is 336 g/mol. The van der Waals surface area contributed by atoms with Gasteiger partial charge in [0, 0.05) is 5.02 Å².